The smallest absolute Gasteiger partial charge is 0.189 e. The van der Waals surface area contributed by atoms with Gasteiger partial charge in [-0.1, -0.05) is 37.0 Å². The van der Waals surface area contributed by atoms with E-state index >= 15 is 0 Å². The van der Waals surface area contributed by atoms with Crippen molar-refractivity contribution in [2.45, 2.75) is 39.2 Å². The van der Waals surface area contributed by atoms with Gasteiger partial charge in [-0.2, -0.15) is 0 Å². The molecular weight excluding hydrogens is 295 g/mol. The molecule has 0 bridgehead atoms. The molecule has 2 unspecified atom stereocenters. The quantitative estimate of drug-likeness (QED) is 0.729. The molecule has 1 aliphatic carbocycles. The van der Waals surface area contributed by atoms with E-state index in [0.29, 0.717) is 27.4 Å². The molecule has 0 amide bonds. The van der Waals surface area contributed by atoms with Crippen LogP contribution in [0.1, 0.15) is 43.5 Å². The molecule has 20 heavy (non-hydrogen) atoms. The fourth-order valence-electron chi connectivity index (χ4n) is 3.00. The maximum atomic E-state index is 12.1. The Labute approximate surface area is 130 Å². The highest BCUT2D eigenvalue weighted by molar-refractivity contribution is 6.36. The van der Waals surface area contributed by atoms with E-state index in [4.69, 9.17) is 27.9 Å². The van der Waals surface area contributed by atoms with Crippen LogP contribution in [0.4, 0.5) is 0 Å². The van der Waals surface area contributed by atoms with Crippen LogP contribution in [-0.4, -0.2) is 18.5 Å². The van der Waals surface area contributed by atoms with E-state index in [1.807, 2.05) is 0 Å². The van der Waals surface area contributed by atoms with Gasteiger partial charge in [-0.05, 0) is 49.3 Å². The maximum Gasteiger partial charge on any atom is 0.189 e. The molecule has 4 heteroatoms. The van der Waals surface area contributed by atoms with Crippen molar-refractivity contribution in [3.63, 3.8) is 0 Å². The monoisotopic (exact) mass is 314 g/mol. The first kappa shape index (κ1) is 15.8. The number of halogens is 2. The summed E-state index contributed by atoms with van der Waals surface area (Å²) >= 11 is 11.9. The summed E-state index contributed by atoms with van der Waals surface area (Å²) in [5, 5.41) is 0.916. The highest BCUT2D eigenvalue weighted by Crippen LogP contribution is 2.30. The zero-order valence-corrected chi connectivity index (χ0v) is 13.4. The van der Waals surface area contributed by atoms with Crippen LogP contribution < -0.4 is 0 Å². The normalized spacial score (nSPS) is 26.5. The maximum absolute atomic E-state index is 12.1. The predicted molar refractivity (Wildman–Crippen MR) is 82.7 cm³/mol. The summed E-state index contributed by atoms with van der Waals surface area (Å²) in [6.45, 7) is 4.57. The Morgan fingerprint density at radius 3 is 2.45 bits per heavy atom. The number of hydrogen-bond donors (Lipinski definition) is 0. The van der Waals surface area contributed by atoms with Gasteiger partial charge in [0, 0.05) is 10.6 Å². The van der Waals surface area contributed by atoms with Gasteiger partial charge >= 0.3 is 0 Å². The van der Waals surface area contributed by atoms with Crippen LogP contribution in [0.3, 0.4) is 0 Å². The molecule has 0 radical (unpaired) electrons. The standard InChI is InChI=1S/C16H20Cl2O2/c1-10-5-11(2)7-13(6-10)20-9-16(19)14-4-3-12(17)8-15(14)18/h3-4,8,10-11,13H,5-7,9H2,1-2H3. The third kappa shape index (κ3) is 4.21. The largest absolute Gasteiger partial charge is 0.370 e. The van der Waals surface area contributed by atoms with Crippen LogP contribution in [0.15, 0.2) is 18.2 Å². The second-order valence-corrected chi connectivity index (χ2v) is 6.74. The van der Waals surface area contributed by atoms with Gasteiger partial charge in [0.05, 0.1) is 11.1 Å². The van der Waals surface area contributed by atoms with Crippen LogP contribution in [0.25, 0.3) is 0 Å². The van der Waals surface area contributed by atoms with E-state index in [1.54, 1.807) is 18.2 Å². The summed E-state index contributed by atoms with van der Waals surface area (Å²) in [6.07, 6.45) is 3.50. The Bertz CT molecular complexity index is 477. The Morgan fingerprint density at radius 1 is 1.20 bits per heavy atom. The number of carbonyl (C=O) groups is 1. The van der Waals surface area contributed by atoms with Gasteiger partial charge in [-0.15, -0.1) is 0 Å². The molecule has 0 N–H and O–H groups in total. The fraction of sp³-hybridized carbons (Fsp3) is 0.562. The van der Waals surface area contributed by atoms with Crippen molar-refractivity contribution < 1.29 is 9.53 Å². The molecule has 1 aromatic carbocycles. The number of carbonyl (C=O) groups excluding carboxylic acids is 1. The van der Waals surface area contributed by atoms with Gasteiger partial charge in [-0.25, -0.2) is 0 Å². The summed E-state index contributed by atoms with van der Waals surface area (Å²) in [5.74, 6) is 1.24. The molecule has 1 aliphatic rings. The van der Waals surface area contributed by atoms with Crippen molar-refractivity contribution in [3.8, 4) is 0 Å². The number of ketones is 1. The minimum absolute atomic E-state index is 0.0856. The van der Waals surface area contributed by atoms with Crippen molar-refractivity contribution in [2.24, 2.45) is 11.8 Å². The number of Topliss-reactive ketones (excluding diaryl/α,β-unsaturated/α-hetero) is 1. The minimum atomic E-state index is -0.0856. The van der Waals surface area contributed by atoms with E-state index in [2.05, 4.69) is 13.8 Å². The Kier molecular flexibility index (Phi) is 5.48. The summed E-state index contributed by atoms with van der Waals surface area (Å²) in [4.78, 5) is 12.1. The second kappa shape index (κ2) is 6.93. The van der Waals surface area contributed by atoms with Gasteiger partial charge in [0.1, 0.15) is 6.61 Å². The number of benzene rings is 1. The van der Waals surface area contributed by atoms with Crippen LogP contribution in [-0.2, 0) is 4.74 Å². The topological polar surface area (TPSA) is 26.3 Å². The lowest BCUT2D eigenvalue weighted by Crippen LogP contribution is -2.28. The van der Waals surface area contributed by atoms with E-state index in [1.165, 1.54) is 6.42 Å². The van der Waals surface area contributed by atoms with E-state index in [-0.39, 0.29) is 18.5 Å². The molecule has 0 heterocycles. The van der Waals surface area contributed by atoms with Gasteiger partial charge < -0.3 is 4.74 Å². The van der Waals surface area contributed by atoms with E-state index in [0.717, 1.165) is 12.8 Å². The van der Waals surface area contributed by atoms with E-state index in [9.17, 15) is 4.79 Å². The van der Waals surface area contributed by atoms with Gasteiger partial charge in [-0.3, -0.25) is 4.79 Å². The van der Waals surface area contributed by atoms with E-state index < -0.39 is 0 Å². The lowest BCUT2D eigenvalue weighted by atomic mass is 9.82. The fourth-order valence-corrected chi connectivity index (χ4v) is 3.51. The molecule has 110 valence electrons. The molecule has 0 spiro atoms. The van der Waals surface area contributed by atoms with Crippen molar-refractivity contribution in [3.05, 3.63) is 33.8 Å². The molecular formula is C16H20Cl2O2. The summed E-state index contributed by atoms with van der Waals surface area (Å²) < 4.78 is 5.78. The molecule has 2 atom stereocenters. The highest BCUT2D eigenvalue weighted by Gasteiger charge is 2.25. The average molecular weight is 315 g/mol. The molecule has 0 aromatic heterocycles. The van der Waals surface area contributed by atoms with Crippen LogP contribution in [0.5, 0.6) is 0 Å². The zero-order valence-electron chi connectivity index (χ0n) is 11.9. The van der Waals surface area contributed by atoms with Crippen LogP contribution >= 0.6 is 23.2 Å². The summed E-state index contributed by atoms with van der Waals surface area (Å²) in [6, 6.07) is 4.91. The number of rotatable bonds is 4. The first-order valence-corrected chi connectivity index (χ1v) is 7.81. The van der Waals surface area contributed by atoms with Crippen molar-refractivity contribution in [1.29, 1.82) is 0 Å². The first-order chi connectivity index (χ1) is 9.45. The molecule has 0 aliphatic heterocycles. The second-order valence-electron chi connectivity index (χ2n) is 5.90. The van der Waals surface area contributed by atoms with Gasteiger partial charge in [0.25, 0.3) is 0 Å². The molecule has 2 nitrogen and oxygen atoms in total. The van der Waals surface area contributed by atoms with Crippen molar-refractivity contribution in [2.75, 3.05) is 6.61 Å². The number of hydrogen-bond acceptors (Lipinski definition) is 2. The zero-order chi connectivity index (χ0) is 14.7. The Morgan fingerprint density at radius 2 is 1.85 bits per heavy atom. The minimum Gasteiger partial charge on any atom is -0.370 e. The molecule has 1 fully saturated rings. The molecule has 1 saturated carbocycles. The number of ether oxygens (including phenoxy) is 1. The lowest BCUT2D eigenvalue weighted by Gasteiger charge is -2.31. The Hall–Kier alpha value is -0.570. The summed E-state index contributed by atoms with van der Waals surface area (Å²) in [7, 11) is 0. The van der Waals surface area contributed by atoms with Crippen molar-refractivity contribution in [1.82, 2.24) is 0 Å². The highest BCUT2D eigenvalue weighted by atomic mass is 35.5. The lowest BCUT2D eigenvalue weighted by molar-refractivity contribution is 0.00563. The molecule has 0 saturated heterocycles. The molecule has 1 aromatic rings. The SMILES string of the molecule is CC1CC(C)CC(OCC(=O)c2ccc(Cl)cc2Cl)C1. The predicted octanol–water partition coefficient (Wildman–Crippen LogP) is 5.02. The van der Waals surface area contributed by atoms with Gasteiger partial charge in [0.2, 0.25) is 0 Å². The average Bonchev–Trinajstić information content (AvgIpc) is 2.35. The van der Waals surface area contributed by atoms with Crippen molar-refractivity contribution >= 4 is 29.0 Å². The third-order valence-electron chi connectivity index (χ3n) is 3.82. The molecule has 2 rings (SSSR count). The Balaban J connectivity index is 1.91. The van der Waals surface area contributed by atoms with Crippen LogP contribution in [0.2, 0.25) is 10.0 Å². The third-order valence-corrected chi connectivity index (χ3v) is 4.36. The van der Waals surface area contributed by atoms with Gasteiger partial charge in [0.15, 0.2) is 5.78 Å². The van der Waals surface area contributed by atoms with Crippen LogP contribution in [0, 0.1) is 11.8 Å². The summed E-state index contributed by atoms with van der Waals surface area (Å²) in [5.41, 5.74) is 0.480. The first-order valence-electron chi connectivity index (χ1n) is 7.05.